The van der Waals surface area contributed by atoms with Crippen LogP contribution in [0.3, 0.4) is 0 Å². The number of hydrogen-bond acceptors (Lipinski definition) is 1. The van der Waals surface area contributed by atoms with Crippen LogP contribution in [-0.2, 0) is 0 Å². The molecular weight excluding hydrogens is 216 g/mol. The van der Waals surface area contributed by atoms with E-state index in [1.54, 1.807) is 0 Å². The van der Waals surface area contributed by atoms with Crippen LogP contribution in [0.15, 0.2) is 18.2 Å². The summed E-state index contributed by atoms with van der Waals surface area (Å²) >= 11 is 0. The van der Waals surface area contributed by atoms with Gasteiger partial charge in [0.05, 0.1) is 6.61 Å². The Labute approximate surface area is 93.7 Å². The zero-order valence-electron chi connectivity index (χ0n) is 9.64. The predicted octanol–water partition coefficient (Wildman–Crippen LogP) is 3.08. The second kappa shape index (κ2) is 4.81. The highest BCUT2D eigenvalue weighted by Gasteiger charge is 2.27. The minimum atomic E-state index is -4.93. The van der Waals surface area contributed by atoms with Gasteiger partial charge < -0.3 is 17.7 Å². The topological polar surface area (TPSA) is 9.23 Å². The molecule has 0 aliphatic carbocycles. The largest absolute Gasteiger partial charge is 0.509 e. The minimum absolute atomic E-state index is 0.216. The third-order valence-electron chi connectivity index (χ3n) is 2.18. The molecule has 0 amide bonds. The van der Waals surface area contributed by atoms with Gasteiger partial charge in [-0.3, -0.25) is 0 Å². The predicted molar refractivity (Wildman–Crippen MR) is 60.2 cm³/mol. The number of halogens is 3. The molecule has 0 unspecified atom stereocenters. The fourth-order valence-corrected chi connectivity index (χ4v) is 1.37. The molecule has 1 nitrogen and oxygen atoms in total. The van der Waals surface area contributed by atoms with E-state index in [4.69, 9.17) is 4.74 Å². The molecule has 0 saturated heterocycles. The van der Waals surface area contributed by atoms with Crippen molar-refractivity contribution < 1.29 is 17.7 Å². The van der Waals surface area contributed by atoms with E-state index < -0.39 is 12.4 Å². The monoisotopic (exact) mass is 231 g/mol. The maximum Gasteiger partial charge on any atom is 0.509 e. The quantitative estimate of drug-likeness (QED) is 0.723. The van der Waals surface area contributed by atoms with Crippen LogP contribution in [0.1, 0.15) is 19.4 Å². The van der Waals surface area contributed by atoms with Gasteiger partial charge in [-0.05, 0) is 25.0 Å². The Morgan fingerprint density at radius 1 is 1.25 bits per heavy atom. The lowest BCUT2D eigenvalue weighted by Crippen LogP contribution is -2.35. The van der Waals surface area contributed by atoms with Gasteiger partial charge >= 0.3 is 6.98 Å². The molecule has 1 aromatic rings. The molecule has 1 rings (SSSR count). The summed E-state index contributed by atoms with van der Waals surface area (Å²) in [7, 11) is 0. The van der Waals surface area contributed by atoms with Crippen LogP contribution in [0, 0.1) is 12.8 Å². The Balaban J connectivity index is 2.83. The van der Waals surface area contributed by atoms with E-state index in [9.17, 15) is 12.9 Å². The highest BCUT2D eigenvalue weighted by atomic mass is 19.4. The van der Waals surface area contributed by atoms with E-state index in [1.165, 1.54) is 19.1 Å². The molecular formula is C11H15BF3O-. The molecule has 16 heavy (non-hydrogen) atoms. The third kappa shape index (κ3) is 3.47. The first-order chi connectivity index (χ1) is 7.30. The number of rotatable bonds is 4. The Bertz CT molecular complexity index is 361. The fourth-order valence-electron chi connectivity index (χ4n) is 1.37. The number of benzene rings is 1. The molecule has 0 N–H and O–H groups in total. The van der Waals surface area contributed by atoms with Crippen molar-refractivity contribution in [3.05, 3.63) is 23.8 Å². The van der Waals surface area contributed by atoms with Crippen molar-refractivity contribution >= 4 is 12.4 Å². The van der Waals surface area contributed by atoms with Crippen molar-refractivity contribution in [2.24, 2.45) is 5.92 Å². The van der Waals surface area contributed by atoms with E-state index >= 15 is 0 Å². The molecule has 0 heterocycles. The van der Waals surface area contributed by atoms with Crippen molar-refractivity contribution in [1.29, 1.82) is 0 Å². The van der Waals surface area contributed by atoms with Gasteiger partial charge in [-0.25, -0.2) is 0 Å². The van der Waals surface area contributed by atoms with Gasteiger partial charge in [0.1, 0.15) is 5.75 Å². The molecule has 0 bridgehead atoms. The highest BCUT2D eigenvalue weighted by molar-refractivity contribution is 6.74. The first-order valence-corrected chi connectivity index (χ1v) is 5.24. The standard InChI is InChI=1S/C11H15BF3O/c1-8(2)7-16-10-4-5-11(9(3)6-10)12(13,14)15/h4-6,8H,7H2,1-3H3/q-1. The molecule has 0 atom stereocenters. The van der Waals surface area contributed by atoms with Gasteiger partial charge in [-0.2, -0.15) is 0 Å². The van der Waals surface area contributed by atoms with Gasteiger partial charge in [-0.1, -0.05) is 25.5 Å². The normalized spacial score (nSPS) is 11.9. The van der Waals surface area contributed by atoms with Gasteiger partial charge in [0.15, 0.2) is 0 Å². The molecule has 1 aromatic carbocycles. The molecule has 90 valence electrons. The van der Waals surface area contributed by atoms with E-state index in [2.05, 4.69) is 0 Å². The van der Waals surface area contributed by atoms with Crippen LogP contribution in [0.4, 0.5) is 12.9 Å². The summed E-state index contributed by atoms with van der Waals surface area (Å²) in [5.74, 6) is 0.849. The molecule has 0 aliphatic heterocycles. The summed E-state index contributed by atoms with van der Waals surface area (Å²) in [4.78, 5) is 0. The Morgan fingerprint density at radius 3 is 2.31 bits per heavy atom. The summed E-state index contributed by atoms with van der Waals surface area (Å²) in [6.45, 7) is 1.01. The lowest BCUT2D eigenvalue weighted by Gasteiger charge is -2.19. The SMILES string of the molecule is Cc1cc(OCC(C)C)ccc1[B-](F)(F)F. The minimum Gasteiger partial charge on any atom is -0.493 e. The summed E-state index contributed by atoms with van der Waals surface area (Å²) in [6, 6.07) is 3.90. The van der Waals surface area contributed by atoms with E-state index in [0.717, 1.165) is 6.07 Å². The average molecular weight is 231 g/mol. The Kier molecular flexibility index (Phi) is 3.89. The van der Waals surface area contributed by atoms with Crippen LogP contribution < -0.4 is 10.2 Å². The lowest BCUT2D eigenvalue weighted by atomic mass is 9.77. The van der Waals surface area contributed by atoms with Crippen LogP contribution in [0.5, 0.6) is 5.75 Å². The van der Waals surface area contributed by atoms with Gasteiger partial charge in [0.2, 0.25) is 0 Å². The molecule has 0 aromatic heterocycles. The molecule has 0 spiro atoms. The van der Waals surface area contributed by atoms with Crippen LogP contribution in [-0.4, -0.2) is 13.6 Å². The maximum absolute atomic E-state index is 12.5. The summed E-state index contributed by atoms with van der Waals surface area (Å²) in [6.07, 6.45) is 0. The van der Waals surface area contributed by atoms with Crippen molar-refractivity contribution in [2.75, 3.05) is 6.61 Å². The maximum atomic E-state index is 12.5. The second-order valence-electron chi connectivity index (χ2n) is 4.30. The van der Waals surface area contributed by atoms with E-state index in [0.29, 0.717) is 18.3 Å². The molecule has 5 heteroatoms. The van der Waals surface area contributed by atoms with E-state index in [1.807, 2.05) is 13.8 Å². The van der Waals surface area contributed by atoms with Gasteiger partial charge in [-0.15, -0.1) is 5.46 Å². The fraction of sp³-hybridized carbons (Fsp3) is 0.455. The number of ether oxygens (including phenoxy) is 1. The second-order valence-corrected chi connectivity index (χ2v) is 4.30. The zero-order valence-corrected chi connectivity index (χ0v) is 9.64. The first kappa shape index (κ1) is 12.9. The molecule has 0 aliphatic rings. The van der Waals surface area contributed by atoms with Crippen LogP contribution >= 0.6 is 0 Å². The van der Waals surface area contributed by atoms with Gasteiger partial charge in [0.25, 0.3) is 0 Å². The smallest absolute Gasteiger partial charge is 0.493 e. The summed E-state index contributed by atoms with van der Waals surface area (Å²) in [5.41, 5.74) is -0.328. The van der Waals surface area contributed by atoms with E-state index in [-0.39, 0.29) is 5.56 Å². The third-order valence-corrected chi connectivity index (χ3v) is 2.18. The Morgan fingerprint density at radius 2 is 1.88 bits per heavy atom. The van der Waals surface area contributed by atoms with Gasteiger partial charge in [0, 0.05) is 0 Å². The molecule has 0 saturated carbocycles. The van der Waals surface area contributed by atoms with Crippen molar-refractivity contribution in [3.8, 4) is 5.75 Å². The van der Waals surface area contributed by atoms with Crippen molar-refractivity contribution in [2.45, 2.75) is 20.8 Å². The summed E-state index contributed by atoms with van der Waals surface area (Å²) in [5, 5.41) is 0. The average Bonchev–Trinajstić information content (AvgIpc) is 2.12. The first-order valence-electron chi connectivity index (χ1n) is 5.24. The van der Waals surface area contributed by atoms with Crippen LogP contribution in [0.25, 0.3) is 0 Å². The van der Waals surface area contributed by atoms with Crippen molar-refractivity contribution in [1.82, 2.24) is 0 Å². The number of aryl methyl sites for hydroxylation is 1. The lowest BCUT2D eigenvalue weighted by molar-refractivity contribution is 0.271. The Hall–Kier alpha value is -1.13. The molecule has 0 fully saturated rings. The molecule has 0 radical (unpaired) electrons. The van der Waals surface area contributed by atoms with Crippen molar-refractivity contribution in [3.63, 3.8) is 0 Å². The highest BCUT2D eigenvalue weighted by Crippen LogP contribution is 2.17. The zero-order chi connectivity index (χ0) is 12.3. The van der Waals surface area contributed by atoms with Crippen LogP contribution in [0.2, 0.25) is 0 Å². The summed E-state index contributed by atoms with van der Waals surface area (Å²) < 4.78 is 42.9. The number of hydrogen-bond donors (Lipinski definition) is 0.